The highest BCUT2D eigenvalue weighted by Gasteiger charge is 2.51. The van der Waals surface area contributed by atoms with Crippen molar-refractivity contribution in [3.63, 3.8) is 0 Å². The summed E-state index contributed by atoms with van der Waals surface area (Å²) in [6.07, 6.45) is 1.83. The molecule has 43 heavy (non-hydrogen) atoms. The summed E-state index contributed by atoms with van der Waals surface area (Å²) in [5.41, 5.74) is 3.14. The van der Waals surface area contributed by atoms with Gasteiger partial charge >= 0.3 is 7.12 Å². The molecule has 0 spiro atoms. The molecule has 6 rings (SSSR count). The fraction of sp³-hybridized carbons (Fsp3) is 0.344. The molecule has 1 aliphatic heterocycles. The molecular formula is C32H34BFN2O6S. The number of rotatable bonds is 8. The molecule has 1 saturated heterocycles. The Morgan fingerprint density at radius 3 is 2.30 bits per heavy atom. The Hall–Kier alpha value is -3.67. The number of carbonyl (C=O) groups is 1. The molecule has 4 aromatic rings. The highest BCUT2D eigenvalue weighted by Crippen LogP contribution is 2.48. The van der Waals surface area contributed by atoms with Crippen LogP contribution < -0.4 is 15.1 Å². The summed E-state index contributed by atoms with van der Waals surface area (Å²) < 4.78 is 59.3. The van der Waals surface area contributed by atoms with Gasteiger partial charge in [-0.1, -0.05) is 24.3 Å². The number of amides is 1. The Kier molecular flexibility index (Phi) is 7.39. The monoisotopic (exact) mass is 604 g/mol. The molecule has 0 unspecified atom stereocenters. The van der Waals surface area contributed by atoms with Gasteiger partial charge in [0.1, 0.15) is 17.2 Å². The summed E-state index contributed by atoms with van der Waals surface area (Å²) in [6, 6.07) is 16.8. The van der Waals surface area contributed by atoms with Crippen LogP contribution in [0.25, 0.3) is 22.3 Å². The van der Waals surface area contributed by atoms with Crippen LogP contribution in [0.3, 0.4) is 0 Å². The van der Waals surface area contributed by atoms with Gasteiger partial charge in [0.15, 0.2) is 0 Å². The summed E-state index contributed by atoms with van der Waals surface area (Å²) in [6.45, 7) is 8.04. The van der Waals surface area contributed by atoms with Crippen LogP contribution in [0, 0.1) is 5.82 Å². The van der Waals surface area contributed by atoms with Gasteiger partial charge in [0, 0.05) is 24.1 Å². The van der Waals surface area contributed by atoms with Gasteiger partial charge in [0.25, 0.3) is 5.91 Å². The van der Waals surface area contributed by atoms with E-state index in [-0.39, 0.29) is 18.4 Å². The van der Waals surface area contributed by atoms with E-state index in [2.05, 4.69) is 5.32 Å². The highest BCUT2D eigenvalue weighted by atomic mass is 32.2. The van der Waals surface area contributed by atoms with Crippen molar-refractivity contribution in [3.05, 3.63) is 83.2 Å². The molecule has 0 bridgehead atoms. The molecule has 1 aliphatic carbocycles. The summed E-state index contributed by atoms with van der Waals surface area (Å²) in [5, 5.41) is 3.25. The fourth-order valence-corrected chi connectivity index (χ4v) is 6.10. The fourth-order valence-electron chi connectivity index (χ4n) is 5.47. The molecule has 1 aromatic heterocycles. The molecule has 1 saturated carbocycles. The molecule has 3 aromatic carbocycles. The van der Waals surface area contributed by atoms with Gasteiger partial charge < -0.3 is 19.0 Å². The number of benzene rings is 3. The van der Waals surface area contributed by atoms with E-state index in [0.717, 1.165) is 29.4 Å². The number of hydrogen-bond acceptors (Lipinski definition) is 6. The Morgan fingerprint density at radius 2 is 1.70 bits per heavy atom. The minimum atomic E-state index is -3.04. The van der Waals surface area contributed by atoms with Gasteiger partial charge in [-0.25, -0.2) is 12.8 Å². The number of fused-ring (bicyclic) bond motifs is 1. The van der Waals surface area contributed by atoms with Crippen molar-refractivity contribution in [1.82, 2.24) is 5.32 Å². The number of furan rings is 1. The van der Waals surface area contributed by atoms with E-state index in [4.69, 9.17) is 13.7 Å². The largest absolute Gasteiger partial charge is 0.494 e. The van der Waals surface area contributed by atoms with Crippen molar-refractivity contribution in [3.8, 4) is 11.3 Å². The third-order valence-electron chi connectivity index (χ3n) is 8.70. The van der Waals surface area contributed by atoms with E-state index in [1.807, 2.05) is 58.0 Å². The minimum Gasteiger partial charge on any atom is -0.455 e. The van der Waals surface area contributed by atoms with E-state index in [0.29, 0.717) is 33.5 Å². The van der Waals surface area contributed by atoms with Gasteiger partial charge in [-0.05, 0) is 93.4 Å². The number of nitrogens with zero attached hydrogens (tertiary/aromatic N) is 1. The first-order valence-electron chi connectivity index (χ1n) is 14.3. The van der Waals surface area contributed by atoms with E-state index in [1.165, 1.54) is 23.5 Å². The van der Waals surface area contributed by atoms with E-state index in [1.54, 1.807) is 18.2 Å². The summed E-state index contributed by atoms with van der Waals surface area (Å²) in [4.78, 5) is 13.1. The van der Waals surface area contributed by atoms with Crippen LogP contribution in [0.5, 0.6) is 0 Å². The normalized spacial score (nSPS) is 17.5. The van der Waals surface area contributed by atoms with Crippen LogP contribution in [-0.4, -0.2) is 39.7 Å². The first-order chi connectivity index (χ1) is 20.4. The van der Waals surface area contributed by atoms with Crippen LogP contribution in [0.15, 0.2) is 65.1 Å². The van der Waals surface area contributed by atoms with Gasteiger partial charge in [-0.3, -0.25) is 9.10 Å². The van der Waals surface area contributed by atoms with E-state index in [9.17, 15) is 17.6 Å². The molecule has 8 nitrogen and oxygen atoms in total. The molecule has 0 atom stereocenters. The van der Waals surface area contributed by atoms with Crippen LogP contribution in [-0.2, 0) is 26.7 Å². The van der Waals surface area contributed by atoms with E-state index < -0.39 is 35.0 Å². The topological polar surface area (TPSA) is 98.1 Å². The molecule has 2 aliphatic rings. The molecular weight excluding hydrogens is 570 g/mol. The first kappa shape index (κ1) is 29.4. The van der Waals surface area contributed by atoms with Crippen LogP contribution in [0.2, 0.25) is 0 Å². The average Bonchev–Trinajstić information content (AvgIpc) is 3.70. The number of anilines is 1. The standard InChI is InChI=1S/C32H34BFN2O6S/c1-31(2)32(3,4)42-33(41-31)22-8-6-7-19(15-22)18-36(43(38)39)26-17-27-25(16-24(26)20-9-10-20)28(30(37)35-5)29(40-27)21-11-13-23(34)14-12-21/h6-8,11-17,20,43H,9-10,18H2,1-5H3,(H,35,37). The van der Waals surface area contributed by atoms with Crippen LogP contribution in [0.4, 0.5) is 10.1 Å². The van der Waals surface area contributed by atoms with Crippen LogP contribution in [0.1, 0.15) is 67.9 Å². The van der Waals surface area contributed by atoms with Crippen molar-refractivity contribution < 1.29 is 31.3 Å². The zero-order valence-electron chi connectivity index (χ0n) is 24.8. The Balaban J connectivity index is 1.42. The number of carbonyl (C=O) groups excluding carboxylic acids is 1. The Labute approximate surface area is 252 Å². The molecule has 2 fully saturated rings. The molecule has 11 heteroatoms. The number of halogens is 1. The first-order valence-corrected chi connectivity index (χ1v) is 15.5. The molecule has 0 radical (unpaired) electrons. The lowest BCUT2D eigenvalue weighted by Crippen LogP contribution is -2.41. The van der Waals surface area contributed by atoms with Crippen molar-refractivity contribution in [2.24, 2.45) is 0 Å². The number of nitrogens with one attached hydrogen (secondary N) is 1. The average molecular weight is 605 g/mol. The SMILES string of the molecule is CNC(=O)c1c(-c2ccc(F)cc2)oc2cc(N(Cc3cccc(B4OC(C)(C)C(C)(C)O4)c3)[SH](=O)=O)c(C3CC3)cc12. The second kappa shape index (κ2) is 10.8. The second-order valence-corrected chi connectivity index (χ2v) is 13.2. The van der Waals surface area contributed by atoms with Gasteiger partial charge in [0.05, 0.1) is 29.0 Å². The molecule has 2 heterocycles. The van der Waals surface area contributed by atoms with E-state index >= 15 is 0 Å². The molecule has 224 valence electrons. The number of thiol groups is 1. The van der Waals surface area contributed by atoms with Gasteiger partial charge in [-0.15, -0.1) is 0 Å². The quantitative estimate of drug-likeness (QED) is 0.209. The third kappa shape index (κ3) is 5.45. The molecule has 1 N–H and O–H groups in total. The lowest BCUT2D eigenvalue weighted by atomic mass is 9.78. The second-order valence-electron chi connectivity index (χ2n) is 12.2. The maximum Gasteiger partial charge on any atom is 0.494 e. The van der Waals surface area contributed by atoms with Crippen molar-refractivity contribution in [1.29, 1.82) is 0 Å². The zero-order valence-corrected chi connectivity index (χ0v) is 25.7. The Morgan fingerprint density at radius 1 is 1.02 bits per heavy atom. The summed E-state index contributed by atoms with van der Waals surface area (Å²) >= 11 is 0. The lowest BCUT2D eigenvalue weighted by molar-refractivity contribution is 0.00578. The highest BCUT2D eigenvalue weighted by molar-refractivity contribution is 7.74. The predicted octanol–water partition coefficient (Wildman–Crippen LogP) is 5.31. The smallest absolute Gasteiger partial charge is 0.455 e. The van der Waals surface area contributed by atoms with Crippen molar-refractivity contribution in [2.45, 2.75) is 64.2 Å². The van der Waals surface area contributed by atoms with Crippen LogP contribution >= 0.6 is 0 Å². The minimum absolute atomic E-state index is 0.0884. The zero-order chi connectivity index (χ0) is 30.7. The summed E-state index contributed by atoms with van der Waals surface area (Å²) in [5.74, 6) is -0.299. The maximum atomic E-state index is 13.7. The van der Waals surface area contributed by atoms with Crippen molar-refractivity contribution in [2.75, 3.05) is 11.4 Å². The van der Waals surface area contributed by atoms with Crippen molar-refractivity contribution >= 4 is 46.0 Å². The lowest BCUT2D eigenvalue weighted by Gasteiger charge is -2.32. The number of hydrogen-bond donors (Lipinski definition) is 2. The predicted molar refractivity (Wildman–Crippen MR) is 166 cm³/mol. The summed E-state index contributed by atoms with van der Waals surface area (Å²) in [7, 11) is -2.08. The van der Waals surface area contributed by atoms with Gasteiger partial charge in [-0.2, -0.15) is 0 Å². The third-order valence-corrected chi connectivity index (χ3v) is 9.45. The molecule has 1 amide bonds. The Bertz CT molecular complexity index is 1770. The maximum absolute atomic E-state index is 13.7. The van der Waals surface area contributed by atoms with Gasteiger partial charge in [0.2, 0.25) is 10.9 Å².